The fraction of sp³-hybridized carbons (Fsp3) is 0.938. The molecule has 4 aliphatic carbocycles. The molecule has 0 radical (unpaired) electrons. The zero-order valence-electron chi connectivity index (χ0n) is 24.1. The summed E-state index contributed by atoms with van der Waals surface area (Å²) >= 11 is 0. The topological polar surface area (TPSA) is 9.23 Å². The van der Waals surface area contributed by atoms with E-state index in [0.29, 0.717) is 16.9 Å². The summed E-state index contributed by atoms with van der Waals surface area (Å²) in [4.78, 5) is 0. The first-order valence-corrected chi connectivity index (χ1v) is 18.1. The number of rotatable bonds is 9. The molecule has 34 heavy (non-hydrogen) atoms. The van der Waals surface area contributed by atoms with E-state index >= 15 is 0 Å². The second-order valence-corrected chi connectivity index (χ2v) is 18.7. The quantitative estimate of drug-likeness (QED) is 0.179. The van der Waals surface area contributed by atoms with E-state index < -0.39 is 8.32 Å². The molecule has 2 heteroatoms. The van der Waals surface area contributed by atoms with Crippen LogP contribution in [0.25, 0.3) is 0 Å². The summed E-state index contributed by atoms with van der Waals surface area (Å²) < 4.78 is 7.05. The third-order valence-electron chi connectivity index (χ3n) is 12.2. The molecule has 0 N–H and O–H groups in total. The summed E-state index contributed by atoms with van der Waals surface area (Å²) in [6, 6.07) is 3.91. The lowest BCUT2D eigenvalue weighted by Crippen LogP contribution is -2.54. The molecule has 0 spiro atoms. The van der Waals surface area contributed by atoms with Crippen molar-refractivity contribution in [3.05, 3.63) is 11.6 Å². The smallest absolute Gasteiger partial charge is 0.192 e. The normalized spacial score (nSPS) is 41.4. The average Bonchev–Trinajstić information content (AvgIpc) is 3.16. The van der Waals surface area contributed by atoms with E-state index in [1.54, 1.807) is 0 Å². The first-order valence-electron chi connectivity index (χ1n) is 15.6. The Kier molecular flexibility index (Phi) is 8.51. The van der Waals surface area contributed by atoms with Crippen LogP contribution in [0.1, 0.15) is 126 Å². The van der Waals surface area contributed by atoms with Crippen LogP contribution in [0, 0.1) is 40.4 Å². The van der Waals surface area contributed by atoms with Gasteiger partial charge >= 0.3 is 0 Å². The Bertz CT molecular complexity index is 700. The van der Waals surface area contributed by atoms with Gasteiger partial charge in [0, 0.05) is 6.10 Å². The van der Waals surface area contributed by atoms with E-state index in [1.165, 1.54) is 95.2 Å². The summed E-state index contributed by atoms with van der Waals surface area (Å²) in [5.74, 6) is 4.71. The number of fused-ring (bicyclic) bond motifs is 5. The SMILES string of the molecule is CC[Si](CC)(CC)OC1CC[C@@]2(C)C(CC[C@@H]3[C@@H]2CC[C@]2(C)C(=CCCCC(C)C)CC[C@@H]32)C1. The summed E-state index contributed by atoms with van der Waals surface area (Å²) in [5.41, 5.74) is 2.98. The number of hydrogen-bond acceptors (Lipinski definition) is 1. The maximum Gasteiger partial charge on any atom is 0.192 e. The largest absolute Gasteiger partial charge is 0.414 e. The molecule has 2 unspecified atom stereocenters. The molecular weight excluding hydrogens is 428 g/mol. The molecule has 0 aromatic carbocycles. The monoisotopic (exact) mass is 486 g/mol. The van der Waals surface area contributed by atoms with Gasteiger partial charge in [-0.2, -0.15) is 0 Å². The zero-order valence-corrected chi connectivity index (χ0v) is 25.1. The van der Waals surface area contributed by atoms with E-state index in [-0.39, 0.29) is 0 Å². The predicted octanol–water partition coefficient (Wildman–Crippen LogP) is 10.2. The zero-order chi connectivity index (χ0) is 24.6. The van der Waals surface area contributed by atoms with Crippen LogP contribution in [0.5, 0.6) is 0 Å². The van der Waals surface area contributed by atoms with Gasteiger partial charge in [-0.1, -0.05) is 66.5 Å². The van der Waals surface area contributed by atoms with Crippen LogP contribution in [0.15, 0.2) is 11.6 Å². The maximum absolute atomic E-state index is 7.05. The van der Waals surface area contributed by atoms with Crippen molar-refractivity contribution in [3.63, 3.8) is 0 Å². The van der Waals surface area contributed by atoms with Crippen molar-refractivity contribution in [1.29, 1.82) is 0 Å². The molecule has 4 fully saturated rings. The summed E-state index contributed by atoms with van der Waals surface area (Å²) in [6.45, 7) is 17.3. The van der Waals surface area contributed by atoms with Crippen molar-refractivity contribution in [2.75, 3.05) is 0 Å². The first-order chi connectivity index (χ1) is 16.2. The third kappa shape index (κ3) is 4.90. The Hall–Kier alpha value is -0.0831. The van der Waals surface area contributed by atoms with Gasteiger partial charge in [-0.15, -0.1) is 0 Å². The van der Waals surface area contributed by atoms with Crippen LogP contribution in [-0.4, -0.2) is 14.4 Å². The lowest BCUT2D eigenvalue weighted by atomic mass is 9.45. The molecule has 0 bridgehead atoms. The van der Waals surface area contributed by atoms with Gasteiger partial charge in [0.2, 0.25) is 0 Å². The molecular formula is C32H58OSi. The Morgan fingerprint density at radius 1 is 0.941 bits per heavy atom. The third-order valence-corrected chi connectivity index (χ3v) is 16.9. The molecule has 4 saturated carbocycles. The molecule has 4 aliphatic rings. The standard InChI is InChI=1S/C32H58OSi/c1-8-34(9-2,10-3)33-27-19-21-32(7)26(23-27)15-17-28-29-18-16-25(14-12-11-13-24(4)5)31(29,6)22-20-30(28)32/h14,24,26-30H,8-13,15-23H2,1-7H3/t26?,27?,28-,29-,30-,31+,32-/m0/s1. The molecule has 1 nitrogen and oxygen atoms in total. The van der Waals surface area contributed by atoms with Gasteiger partial charge in [-0.3, -0.25) is 0 Å². The highest BCUT2D eigenvalue weighted by Gasteiger charge is 2.59. The minimum Gasteiger partial charge on any atom is -0.414 e. The van der Waals surface area contributed by atoms with Gasteiger partial charge in [0.25, 0.3) is 0 Å². The Balaban J connectivity index is 1.42. The molecule has 0 amide bonds. The molecule has 0 aromatic rings. The summed E-state index contributed by atoms with van der Waals surface area (Å²) in [6.07, 6.45) is 20.4. The van der Waals surface area contributed by atoms with Crippen LogP contribution in [-0.2, 0) is 4.43 Å². The van der Waals surface area contributed by atoms with Crippen molar-refractivity contribution in [2.45, 2.75) is 150 Å². The van der Waals surface area contributed by atoms with E-state index in [9.17, 15) is 0 Å². The maximum atomic E-state index is 7.05. The molecule has 0 aromatic heterocycles. The summed E-state index contributed by atoms with van der Waals surface area (Å²) in [5, 5.41) is 0. The van der Waals surface area contributed by atoms with Gasteiger partial charge in [-0.25, -0.2) is 0 Å². The molecule has 7 atom stereocenters. The summed E-state index contributed by atoms with van der Waals surface area (Å²) in [7, 11) is -1.48. The Morgan fingerprint density at radius 3 is 2.35 bits per heavy atom. The lowest BCUT2D eigenvalue weighted by molar-refractivity contribution is -0.114. The second kappa shape index (κ2) is 10.7. The van der Waals surface area contributed by atoms with E-state index in [2.05, 4.69) is 54.5 Å². The lowest BCUT2D eigenvalue weighted by Gasteiger charge is -2.61. The van der Waals surface area contributed by atoms with Crippen molar-refractivity contribution >= 4 is 8.32 Å². The minimum absolute atomic E-state index is 0.525. The van der Waals surface area contributed by atoms with Gasteiger partial charge in [-0.05, 0) is 129 Å². The van der Waals surface area contributed by atoms with Crippen LogP contribution < -0.4 is 0 Å². The highest BCUT2D eigenvalue weighted by Crippen LogP contribution is 2.67. The Morgan fingerprint density at radius 2 is 1.68 bits per heavy atom. The van der Waals surface area contributed by atoms with Crippen LogP contribution in [0.3, 0.4) is 0 Å². The minimum atomic E-state index is -1.48. The predicted molar refractivity (Wildman–Crippen MR) is 151 cm³/mol. The molecule has 0 saturated heterocycles. The molecule has 196 valence electrons. The fourth-order valence-corrected chi connectivity index (χ4v) is 12.6. The van der Waals surface area contributed by atoms with Gasteiger partial charge in [0.1, 0.15) is 0 Å². The average molecular weight is 487 g/mol. The van der Waals surface area contributed by atoms with E-state index in [1.807, 2.05) is 5.57 Å². The number of allylic oxidation sites excluding steroid dienone is 2. The molecule has 4 rings (SSSR count). The van der Waals surface area contributed by atoms with Gasteiger partial charge in [0.15, 0.2) is 8.32 Å². The first kappa shape index (κ1) is 27.0. The van der Waals surface area contributed by atoms with E-state index in [4.69, 9.17) is 4.43 Å². The van der Waals surface area contributed by atoms with Crippen molar-refractivity contribution in [1.82, 2.24) is 0 Å². The van der Waals surface area contributed by atoms with Gasteiger partial charge < -0.3 is 4.43 Å². The Labute approximate surface area is 214 Å². The van der Waals surface area contributed by atoms with Crippen LogP contribution >= 0.6 is 0 Å². The fourth-order valence-electron chi connectivity index (χ4n) is 9.66. The van der Waals surface area contributed by atoms with Gasteiger partial charge in [0.05, 0.1) is 0 Å². The van der Waals surface area contributed by atoms with Crippen LogP contribution in [0.2, 0.25) is 18.1 Å². The van der Waals surface area contributed by atoms with Crippen molar-refractivity contribution < 1.29 is 4.43 Å². The second-order valence-electron chi connectivity index (χ2n) is 14.0. The molecule has 0 aliphatic heterocycles. The van der Waals surface area contributed by atoms with E-state index in [0.717, 1.165) is 29.6 Å². The molecule has 0 heterocycles. The number of unbranched alkanes of at least 4 members (excludes halogenated alkanes) is 1. The van der Waals surface area contributed by atoms with Crippen molar-refractivity contribution in [2.24, 2.45) is 40.4 Å². The highest BCUT2D eigenvalue weighted by atomic mass is 28.4. The van der Waals surface area contributed by atoms with Crippen molar-refractivity contribution in [3.8, 4) is 0 Å². The highest BCUT2D eigenvalue weighted by molar-refractivity contribution is 6.73. The van der Waals surface area contributed by atoms with Crippen LogP contribution in [0.4, 0.5) is 0 Å². The number of hydrogen-bond donors (Lipinski definition) is 0.